The number of fused-ring (bicyclic) bond motifs is 1. The number of anilines is 2. The Morgan fingerprint density at radius 1 is 1.15 bits per heavy atom. The van der Waals surface area contributed by atoms with Crippen molar-refractivity contribution in [2.75, 3.05) is 30.0 Å². The molecule has 1 N–H and O–H groups in total. The molecule has 2 aromatic heterocycles. The average Bonchev–Trinajstić information content (AvgIpc) is 3.20. The van der Waals surface area contributed by atoms with E-state index in [2.05, 4.69) is 32.5 Å². The van der Waals surface area contributed by atoms with E-state index >= 15 is 0 Å². The van der Waals surface area contributed by atoms with Crippen molar-refractivity contribution in [1.29, 1.82) is 0 Å². The molecule has 1 saturated heterocycles. The van der Waals surface area contributed by atoms with Gasteiger partial charge in [-0.05, 0) is 61.6 Å². The van der Waals surface area contributed by atoms with Crippen LogP contribution in [0.25, 0.3) is 11.4 Å². The molecule has 1 fully saturated rings. The lowest BCUT2D eigenvalue weighted by Gasteiger charge is -2.34. The van der Waals surface area contributed by atoms with E-state index in [1.807, 2.05) is 44.2 Å². The zero-order valence-electron chi connectivity index (χ0n) is 19.5. The molecule has 2 aliphatic heterocycles. The molecule has 4 heterocycles. The Kier molecular flexibility index (Phi) is 6.22. The van der Waals surface area contributed by atoms with Crippen LogP contribution in [0.1, 0.15) is 30.0 Å². The van der Waals surface area contributed by atoms with Gasteiger partial charge in [0.05, 0.1) is 23.8 Å². The van der Waals surface area contributed by atoms with E-state index < -0.39 is 9.84 Å². The summed E-state index contributed by atoms with van der Waals surface area (Å²) >= 11 is 0. The van der Waals surface area contributed by atoms with Gasteiger partial charge < -0.3 is 10.1 Å². The van der Waals surface area contributed by atoms with Crippen LogP contribution in [0, 0.1) is 6.92 Å². The number of aromatic nitrogens is 3. The van der Waals surface area contributed by atoms with Gasteiger partial charge in [0.2, 0.25) is 5.88 Å². The van der Waals surface area contributed by atoms with Crippen LogP contribution in [-0.4, -0.2) is 59.2 Å². The number of nitrogens with one attached hydrogen (secondary N) is 1. The SMILES string of the molecule is CCOc1ccc(-c2nc(Nc3cccc4c3CCN(C3CCS(=O)(=O)C3)C4)ccc2C)nn1. The standard InChI is InChI=1S/C25H29N5O3S/c1-3-33-24-10-8-22(28-29-24)25-17(2)7-9-23(27-25)26-21-6-4-5-18-15-30(13-11-20(18)21)19-12-14-34(31,32)16-19/h4-10,19H,3,11-16H2,1-2H3,(H,26,27). The first-order valence-electron chi connectivity index (χ1n) is 11.7. The summed E-state index contributed by atoms with van der Waals surface area (Å²) < 4.78 is 29.2. The quantitative estimate of drug-likeness (QED) is 0.573. The summed E-state index contributed by atoms with van der Waals surface area (Å²) in [6, 6.07) is 14.1. The van der Waals surface area contributed by atoms with E-state index in [9.17, 15) is 8.42 Å². The number of hydrogen-bond acceptors (Lipinski definition) is 8. The Morgan fingerprint density at radius 3 is 2.76 bits per heavy atom. The minimum atomic E-state index is -2.89. The highest BCUT2D eigenvalue weighted by atomic mass is 32.2. The summed E-state index contributed by atoms with van der Waals surface area (Å²) in [4.78, 5) is 7.15. The highest BCUT2D eigenvalue weighted by molar-refractivity contribution is 7.91. The van der Waals surface area contributed by atoms with Crippen molar-refractivity contribution in [1.82, 2.24) is 20.1 Å². The number of pyridine rings is 1. The second kappa shape index (κ2) is 9.31. The van der Waals surface area contributed by atoms with Crippen molar-refractivity contribution in [3.05, 3.63) is 59.2 Å². The highest BCUT2D eigenvalue weighted by Crippen LogP contribution is 2.31. The van der Waals surface area contributed by atoms with Gasteiger partial charge in [0, 0.05) is 30.9 Å². The van der Waals surface area contributed by atoms with Gasteiger partial charge in [-0.1, -0.05) is 18.2 Å². The lowest BCUT2D eigenvalue weighted by molar-refractivity contribution is 0.194. The average molecular weight is 480 g/mol. The van der Waals surface area contributed by atoms with E-state index in [-0.39, 0.29) is 11.8 Å². The summed E-state index contributed by atoms with van der Waals surface area (Å²) in [5, 5.41) is 11.9. The molecule has 1 aromatic carbocycles. The lowest BCUT2D eigenvalue weighted by Crippen LogP contribution is -2.40. The Labute approximate surface area is 200 Å². The van der Waals surface area contributed by atoms with Crippen LogP contribution in [-0.2, 0) is 22.8 Å². The molecule has 2 aliphatic rings. The summed E-state index contributed by atoms with van der Waals surface area (Å²) in [5.74, 6) is 1.83. The van der Waals surface area contributed by atoms with Gasteiger partial charge in [0.25, 0.3) is 0 Å². The molecular formula is C25H29N5O3S. The topological polar surface area (TPSA) is 97.3 Å². The van der Waals surface area contributed by atoms with Gasteiger partial charge in [0.15, 0.2) is 9.84 Å². The Hall–Kier alpha value is -3.04. The predicted molar refractivity (Wildman–Crippen MR) is 132 cm³/mol. The molecule has 1 atom stereocenters. The van der Waals surface area contributed by atoms with Crippen molar-refractivity contribution < 1.29 is 13.2 Å². The number of benzene rings is 1. The third-order valence-electron chi connectivity index (χ3n) is 6.55. The molecule has 8 nitrogen and oxygen atoms in total. The fourth-order valence-corrected chi connectivity index (χ4v) is 6.55. The van der Waals surface area contributed by atoms with Crippen molar-refractivity contribution in [3.8, 4) is 17.3 Å². The predicted octanol–water partition coefficient (Wildman–Crippen LogP) is 3.53. The van der Waals surface area contributed by atoms with Crippen LogP contribution in [0.15, 0.2) is 42.5 Å². The van der Waals surface area contributed by atoms with Gasteiger partial charge in [-0.25, -0.2) is 13.4 Å². The van der Waals surface area contributed by atoms with Gasteiger partial charge in [-0.2, -0.15) is 0 Å². The number of aryl methyl sites for hydroxylation is 1. The molecule has 178 valence electrons. The number of rotatable bonds is 6. The zero-order valence-corrected chi connectivity index (χ0v) is 20.3. The van der Waals surface area contributed by atoms with Gasteiger partial charge in [0.1, 0.15) is 11.5 Å². The van der Waals surface area contributed by atoms with E-state index in [1.165, 1.54) is 11.1 Å². The number of sulfone groups is 1. The van der Waals surface area contributed by atoms with Crippen LogP contribution in [0.3, 0.4) is 0 Å². The van der Waals surface area contributed by atoms with Gasteiger partial charge >= 0.3 is 0 Å². The van der Waals surface area contributed by atoms with E-state index in [0.717, 1.165) is 48.7 Å². The van der Waals surface area contributed by atoms with Crippen molar-refractivity contribution in [2.24, 2.45) is 0 Å². The van der Waals surface area contributed by atoms with Crippen LogP contribution < -0.4 is 10.1 Å². The molecule has 0 amide bonds. The van der Waals surface area contributed by atoms with Gasteiger partial charge in [-0.3, -0.25) is 4.90 Å². The fraction of sp³-hybridized carbons (Fsp3) is 0.400. The van der Waals surface area contributed by atoms with Crippen molar-refractivity contribution in [2.45, 2.75) is 39.3 Å². The monoisotopic (exact) mass is 479 g/mol. The number of nitrogens with zero attached hydrogens (tertiary/aromatic N) is 4. The first-order chi connectivity index (χ1) is 16.4. The first-order valence-corrected chi connectivity index (χ1v) is 13.5. The first kappa shape index (κ1) is 22.7. The third kappa shape index (κ3) is 4.76. The Balaban J connectivity index is 1.36. The lowest BCUT2D eigenvalue weighted by atomic mass is 9.96. The maximum atomic E-state index is 11.9. The van der Waals surface area contributed by atoms with Crippen LogP contribution in [0.5, 0.6) is 5.88 Å². The second-order valence-corrected chi connectivity index (χ2v) is 11.1. The Morgan fingerprint density at radius 2 is 2.03 bits per heavy atom. The van der Waals surface area contributed by atoms with E-state index in [0.29, 0.717) is 23.9 Å². The van der Waals surface area contributed by atoms with Crippen LogP contribution in [0.2, 0.25) is 0 Å². The summed E-state index contributed by atoms with van der Waals surface area (Å²) in [5.41, 5.74) is 6.04. The third-order valence-corrected chi connectivity index (χ3v) is 8.31. The maximum Gasteiger partial charge on any atom is 0.233 e. The van der Waals surface area contributed by atoms with Crippen LogP contribution >= 0.6 is 0 Å². The summed E-state index contributed by atoms with van der Waals surface area (Å²) in [7, 11) is -2.89. The molecule has 5 rings (SSSR count). The zero-order chi connectivity index (χ0) is 23.7. The summed E-state index contributed by atoms with van der Waals surface area (Å²) in [6.07, 6.45) is 1.61. The molecule has 9 heteroatoms. The van der Waals surface area contributed by atoms with Crippen molar-refractivity contribution >= 4 is 21.3 Å². The molecule has 0 radical (unpaired) electrons. The summed E-state index contributed by atoms with van der Waals surface area (Å²) in [6.45, 7) is 6.10. The second-order valence-electron chi connectivity index (χ2n) is 8.90. The molecule has 0 spiro atoms. The normalized spacial score (nSPS) is 19.5. The number of ether oxygens (including phenoxy) is 1. The minimum absolute atomic E-state index is 0.131. The van der Waals surface area contributed by atoms with E-state index in [1.54, 1.807) is 0 Å². The molecule has 34 heavy (non-hydrogen) atoms. The Bertz CT molecular complexity index is 1290. The largest absolute Gasteiger partial charge is 0.477 e. The molecule has 1 unspecified atom stereocenters. The molecular weight excluding hydrogens is 450 g/mol. The molecule has 0 saturated carbocycles. The smallest absolute Gasteiger partial charge is 0.233 e. The van der Waals surface area contributed by atoms with Gasteiger partial charge in [-0.15, -0.1) is 10.2 Å². The van der Waals surface area contributed by atoms with Crippen molar-refractivity contribution in [3.63, 3.8) is 0 Å². The molecule has 3 aromatic rings. The highest BCUT2D eigenvalue weighted by Gasteiger charge is 2.34. The maximum absolute atomic E-state index is 11.9. The molecule has 0 bridgehead atoms. The number of hydrogen-bond donors (Lipinski definition) is 1. The van der Waals surface area contributed by atoms with E-state index in [4.69, 9.17) is 9.72 Å². The van der Waals surface area contributed by atoms with Crippen LogP contribution in [0.4, 0.5) is 11.5 Å². The molecule has 0 aliphatic carbocycles. The minimum Gasteiger partial charge on any atom is -0.477 e. The fourth-order valence-electron chi connectivity index (χ4n) is 4.79.